The molecular weight excluding hydrogens is 672 g/mol. The second kappa shape index (κ2) is 16.0. The van der Waals surface area contributed by atoms with Gasteiger partial charge in [0.1, 0.15) is 15.9 Å². The molecule has 13 nitrogen and oxygen atoms in total. The molecule has 4 rings (SSSR count). The Kier molecular flexibility index (Phi) is 13.1. The normalized spacial score (nSPS) is 18.0. The van der Waals surface area contributed by atoms with Gasteiger partial charge in [-0.2, -0.15) is 0 Å². The van der Waals surface area contributed by atoms with E-state index in [0.717, 1.165) is 37.8 Å². The van der Waals surface area contributed by atoms with Crippen LogP contribution in [0.1, 0.15) is 38.7 Å². The maximum Gasteiger partial charge on any atom is 0.245 e. The lowest BCUT2D eigenvalue weighted by Gasteiger charge is -2.39. The zero-order valence-corrected chi connectivity index (χ0v) is 29.3. The summed E-state index contributed by atoms with van der Waals surface area (Å²) in [6.45, 7) is 4.46. The van der Waals surface area contributed by atoms with Gasteiger partial charge in [-0.1, -0.05) is 37.3 Å². The molecule has 0 saturated carbocycles. The molecule has 3 atom stereocenters. The first-order chi connectivity index (χ1) is 21.6. The molecule has 0 bridgehead atoms. The molecule has 2 aromatic rings. The molecule has 16 heteroatoms. The van der Waals surface area contributed by atoms with E-state index in [1.807, 2.05) is 35.2 Å². The Morgan fingerprint density at radius 3 is 2.32 bits per heavy atom. The van der Waals surface area contributed by atoms with E-state index in [1.165, 1.54) is 25.1 Å². The van der Waals surface area contributed by atoms with Crippen LogP contribution in [0.2, 0.25) is 0 Å². The number of nitrogens with zero attached hydrogens (tertiary/aromatic N) is 1. The molecule has 4 N–H and O–H groups in total. The summed E-state index contributed by atoms with van der Waals surface area (Å²) in [5, 5.41) is 20.0. The summed E-state index contributed by atoms with van der Waals surface area (Å²) in [6, 6.07) is 12.1. The highest BCUT2D eigenvalue weighted by molar-refractivity contribution is 7.91. The van der Waals surface area contributed by atoms with E-state index in [4.69, 9.17) is 9.47 Å². The fraction of sp³-hybridized carbons (Fsp3) is 0.548. The van der Waals surface area contributed by atoms with Crippen molar-refractivity contribution in [2.75, 3.05) is 50.7 Å². The fourth-order valence-electron chi connectivity index (χ4n) is 5.60. The third kappa shape index (κ3) is 11.3. The smallest absolute Gasteiger partial charge is 0.245 e. The van der Waals surface area contributed by atoms with Crippen LogP contribution in [0.4, 0.5) is 0 Å². The van der Waals surface area contributed by atoms with E-state index >= 15 is 0 Å². The third-order valence-corrected chi connectivity index (χ3v) is 10.9. The van der Waals surface area contributed by atoms with Gasteiger partial charge in [-0.15, -0.1) is 12.4 Å². The lowest BCUT2D eigenvalue weighted by Crippen LogP contribution is -2.66. The summed E-state index contributed by atoms with van der Waals surface area (Å²) < 4.78 is 61.8. The Bertz CT molecular complexity index is 1600. The first-order valence-electron chi connectivity index (χ1n) is 15.2. The van der Waals surface area contributed by atoms with Crippen LogP contribution in [0, 0.1) is 0 Å². The third-order valence-electron chi connectivity index (χ3n) is 8.01. The minimum Gasteiger partial charge on any atom is -0.454 e. The first kappa shape index (κ1) is 38.5. The number of hydrogen-bond acceptors (Lipinski definition) is 11. The second-order valence-electron chi connectivity index (χ2n) is 12.4. The number of benzene rings is 2. The van der Waals surface area contributed by atoms with Crippen LogP contribution in [0.3, 0.4) is 0 Å². The number of carbonyl (C=O) groups is 2. The van der Waals surface area contributed by atoms with Crippen molar-refractivity contribution in [1.82, 2.24) is 20.9 Å². The van der Waals surface area contributed by atoms with Crippen molar-refractivity contribution in [3.63, 3.8) is 0 Å². The summed E-state index contributed by atoms with van der Waals surface area (Å²) in [4.78, 5) is 28.5. The van der Waals surface area contributed by atoms with Crippen molar-refractivity contribution >= 4 is 43.9 Å². The second-order valence-corrected chi connectivity index (χ2v) is 16.6. The monoisotopic (exact) mass is 716 g/mol. The predicted octanol–water partition coefficient (Wildman–Crippen LogP) is 1.04. The molecule has 0 radical (unpaired) electrons. The van der Waals surface area contributed by atoms with Gasteiger partial charge >= 0.3 is 0 Å². The molecule has 0 spiro atoms. The minimum absolute atomic E-state index is 0. The highest BCUT2D eigenvalue weighted by atomic mass is 35.5. The van der Waals surface area contributed by atoms with Crippen molar-refractivity contribution in [2.24, 2.45) is 0 Å². The number of sulfone groups is 2. The summed E-state index contributed by atoms with van der Waals surface area (Å²) in [6.07, 6.45) is 3.41. The summed E-state index contributed by atoms with van der Waals surface area (Å²) in [5.74, 6) is -1.71. The van der Waals surface area contributed by atoms with E-state index in [0.29, 0.717) is 11.5 Å². The van der Waals surface area contributed by atoms with Crippen LogP contribution in [0.25, 0.3) is 0 Å². The van der Waals surface area contributed by atoms with Crippen molar-refractivity contribution in [3.05, 3.63) is 54.1 Å². The number of nitrogens with one attached hydrogen (secondary N) is 3. The summed E-state index contributed by atoms with van der Waals surface area (Å²) >= 11 is 0. The van der Waals surface area contributed by atoms with Gasteiger partial charge in [-0.3, -0.25) is 19.8 Å². The van der Waals surface area contributed by atoms with Crippen LogP contribution in [-0.2, 0) is 35.7 Å². The Balaban J connectivity index is 0.00000600. The van der Waals surface area contributed by atoms with E-state index < -0.39 is 60.3 Å². The molecule has 262 valence electrons. The number of amides is 2. The summed E-state index contributed by atoms with van der Waals surface area (Å²) in [7, 11) is -7.67. The van der Waals surface area contributed by atoms with Gasteiger partial charge in [0.25, 0.3) is 0 Å². The number of hydrogen-bond donors (Lipinski definition) is 4. The van der Waals surface area contributed by atoms with Crippen LogP contribution in [-0.4, -0.2) is 107 Å². The number of halogens is 1. The van der Waals surface area contributed by atoms with E-state index in [2.05, 4.69) is 16.0 Å². The molecule has 1 fully saturated rings. The van der Waals surface area contributed by atoms with Gasteiger partial charge in [0, 0.05) is 25.3 Å². The number of likely N-dealkylation sites (tertiary alicyclic amines) is 1. The van der Waals surface area contributed by atoms with Crippen LogP contribution >= 0.6 is 12.4 Å². The Hall–Kier alpha value is -2.95. The van der Waals surface area contributed by atoms with Gasteiger partial charge in [-0.25, -0.2) is 16.8 Å². The van der Waals surface area contributed by atoms with Crippen LogP contribution in [0.5, 0.6) is 11.5 Å². The molecule has 2 aliphatic rings. The number of aliphatic hydroxyl groups is 1. The molecule has 0 aromatic heterocycles. The summed E-state index contributed by atoms with van der Waals surface area (Å²) in [5.41, 5.74) is -2.23. The largest absolute Gasteiger partial charge is 0.454 e. The molecule has 2 amide bonds. The average Bonchev–Trinajstić information content (AvgIpc) is 3.67. The molecule has 0 aliphatic carbocycles. The molecular formula is C31H45ClN4O9S2. The Labute approximate surface area is 283 Å². The minimum atomic E-state index is -3.98. The highest BCUT2D eigenvalue weighted by Gasteiger charge is 2.38. The average molecular weight is 717 g/mol. The first-order valence-corrected chi connectivity index (χ1v) is 19.0. The zero-order valence-electron chi connectivity index (χ0n) is 26.9. The van der Waals surface area contributed by atoms with Gasteiger partial charge in [-0.05, 0) is 57.0 Å². The molecule has 1 saturated heterocycles. The van der Waals surface area contributed by atoms with Gasteiger partial charge in [0.05, 0.1) is 34.2 Å². The predicted molar refractivity (Wildman–Crippen MR) is 179 cm³/mol. The maximum absolute atomic E-state index is 13.8. The lowest BCUT2D eigenvalue weighted by molar-refractivity contribution is -0.130. The lowest BCUT2D eigenvalue weighted by atomic mass is 9.95. The molecule has 2 heterocycles. The van der Waals surface area contributed by atoms with E-state index in [1.54, 1.807) is 6.92 Å². The highest BCUT2D eigenvalue weighted by Crippen LogP contribution is 2.34. The van der Waals surface area contributed by atoms with Crippen molar-refractivity contribution in [1.29, 1.82) is 0 Å². The maximum atomic E-state index is 13.8. The van der Waals surface area contributed by atoms with Gasteiger partial charge in [0.15, 0.2) is 21.3 Å². The van der Waals surface area contributed by atoms with E-state index in [9.17, 15) is 31.5 Å². The number of ether oxygens (including phenoxy) is 2. The Morgan fingerprint density at radius 1 is 1.02 bits per heavy atom. The fourth-order valence-corrected chi connectivity index (χ4v) is 8.09. The van der Waals surface area contributed by atoms with Crippen molar-refractivity contribution in [3.8, 4) is 11.5 Å². The van der Waals surface area contributed by atoms with E-state index in [-0.39, 0.29) is 50.0 Å². The Morgan fingerprint density at radius 2 is 1.68 bits per heavy atom. The molecule has 0 unspecified atom stereocenters. The van der Waals surface area contributed by atoms with Crippen LogP contribution < -0.4 is 25.4 Å². The number of fused-ring (bicyclic) bond motifs is 1. The SMILES string of the molecule is CC[C@](Cc1ccccc1)(NC[C@@](C)(O)CS(=O)(=O)c1ccc2c(c1)OCO2)NC(=O)[C@@H](CS(C)(=O)=O)NC(=O)CN1CCCC1.Cl. The molecule has 47 heavy (non-hydrogen) atoms. The number of rotatable bonds is 16. The van der Waals surface area contributed by atoms with Crippen molar-refractivity contribution < 1.29 is 41.0 Å². The molecule has 2 aliphatic heterocycles. The van der Waals surface area contributed by atoms with Gasteiger partial charge < -0.3 is 25.2 Å². The quantitative estimate of drug-likeness (QED) is 0.182. The van der Waals surface area contributed by atoms with Crippen molar-refractivity contribution in [2.45, 2.75) is 61.7 Å². The standard InChI is InChI=1S/C31H44N4O9S2.ClH/c1-4-31(17-23-10-6-5-7-11-23,34-29(37)25(19-45(3,39)40)33-28(36)18-35-14-8-9-15-35)32-20-30(2,38)21-46(41,42)24-12-13-26-27(16-24)44-22-43-26;/h5-7,10-13,16,25,32,38H,4,8-9,14-15,17-22H2,1-3H3,(H,33,36)(H,34,37);1H/t25-,30-,31+;/m1./s1. The molecule has 2 aromatic carbocycles. The number of carbonyl (C=O) groups excluding carboxylic acids is 2. The van der Waals surface area contributed by atoms with Crippen LogP contribution in [0.15, 0.2) is 53.4 Å². The topological polar surface area (TPSA) is 180 Å². The van der Waals surface area contributed by atoms with Gasteiger partial charge in [0.2, 0.25) is 18.6 Å². The zero-order chi connectivity index (χ0) is 33.6.